The summed E-state index contributed by atoms with van der Waals surface area (Å²) in [5.41, 5.74) is 2.59. The van der Waals surface area contributed by atoms with Crippen LogP contribution in [0.5, 0.6) is 5.75 Å². The Balaban J connectivity index is 2.28. The van der Waals surface area contributed by atoms with E-state index in [1.165, 1.54) is 11.1 Å². The molecule has 0 saturated heterocycles. The lowest BCUT2D eigenvalue weighted by Gasteiger charge is -2.28. The van der Waals surface area contributed by atoms with E-state index in [1.54, 1.807) is 0 Å². The van der Waals surface area contributed by atoms with Crippen LogP contribution in [-0.2, 0) is 11.2 Å². The van der Waals surface area contributed by atoms with Crippen LogP contribution in [0.4, 0.5) is 0 Å². The van der Waals surface area contributed by atoms with E-state index in [0.29, 0.717) is 0 Å². The molecule has 3 heteroatoms. The first-order valence-corrected chi connectivity index (χ1v) is 7.91. The first-order chi connectivity index (χ1) is 9.81. The first-order valence-electron chi connectivity index (χ1n) is 7.91. The maximum absolute atomic E-state index is 5.95. The normalized spacial score (nSPS) is 16.6. The lowest BCUT2D eigenvalue weighted by molar-refractivity contribution is 0.0308. The highest BCUT2D eigenvalue weighted by Crippen LogP contribution is 2.36. The summed E-state index contributed by atoms with van der Waals surface area (Å²) in [5, 5.41) is 3.65. The van der Waals surface area contributed by atoms with E-state index in [-0.39, 0.29) is 12.1 Å². The van der Waals surface area contributed by atoms with Gasteiger partial charge in [0.05, 0.1) is 18.8 Å². The van der Waals surface area contributed by atoms with Crippen LogP contribution in [0.1, 0.15) is 50.8 Å². The number of benzene rings is 1. The van der Waals surface area contributed by atoms with Crippen LogP contribution in [0, 0.1) is 0 Å². The summed E-state index contributed by atoms with van der Waals surface area (Å²) >= 11 is 0. The van der Waals surface area contributed by atoms with Crippen molar-refractivity contribution < 1.29 is 9.47 Å². The minimum absolute atomic E-state index is 0.197. The van der Waals surface area contributed by atoms with Crippen LogP contribution in [0.2, 0.25) is 0 Å². The second-order valence-corrected chi connectivity index (χ2v) is 5.27. The van der Waals surface area contributed by atoms with Crippen LogP contribution in [0.3, 0.4) is 0 Å². The molecule has 0 saturated carbocycles. The Kier molecular flexibility index (Phi) is 5.86. The minimum Gasteiger partial charge on any atom is -0.493 e. The summed E-state index contributed by atoms with van der Waals surface area (Å²) in [4.78, 5) is 0. The van der Waals surface area contributed by atoms with Gasteiger partial charge >= 0.3 is 0 Å². The molecular formula is C17H27NO2. The standard InChI is InChI=1S/C17H27NO2/c1-4-11-18-16(15(5-2)19-6-3)14-9-7-8-13-10-12-20-17(13)14/h7-9,15-16,18H,4-6,10-12H2,1-3H3. The highest BCUT2D eigenvalue weighted by atomic mass is 16.5. The van der Waals surface area contributed by atoms with Gasteiger partial charge in [0.25, 0.3) is 0 Å². The van der Waals surface area contributed by atoms with Crippen molar-refractivity contribution in [3.05, 3.63) is 29.3 Å². The molecule has 0 bridgehead atoms. The fourth-order valence-electron chi connectivity index (χ4n) is 2.89. The quantitative estimate of drug-likeness (QED) is 0.789. The molecule has 0 aromatic heterocycles. The molecule has 1 aromatic carbocycles. The smallest absolute Gasteiger partial charge is 0.127 e. The fourth-order valence-corrected chi connectivity index (χ4v) is 2.89. The van der Waals surface area contributed by atoms with Crippen LogP contribution < -0.4 is 10.1 Å². The van der Waals surface area contributed by atoms with Gasteiger partial charge < -0.3 is 14.8 Å². The Morgan fingerprint density at radius 1 is 1.30 bits per heavy atom. The summed E-state index contributed by atoms with van der Waals surface area (Å²) in [6.45, 7) is 8.99. The van der Waals surface area contributed by atoms with Gasteiger partial charge in [-0.1, -0.05) is 32.0 Å². The van der Waals surface area contributed by atoms with Gasteiger partial charge in [-0.3, -0.25) is 0 Å². The predicted octanol–water partition coefficient (Wildman–Crippen LogP) is 3.48. The molecule has 1 N–H and O–H groups in total. The summed E-state index contributed by atoms with van der Waals surface area (Å²) in [5.74, 6) is 1.08. The van der Waals surface area contributed by atoms with E-state index in [4.69, 9.17) is 9.47 Å². The zero-order valence-electron chi connectivity index (χ0n) is 12.9. The van der Waals surface area contributed by atoms with Gasteiger partial charge in [0.1, 0.15) is 5.75 Å². The van der Waals surface area contributed by atoms with Crippen molar-refractivity contribution in [2.75, 3.05) is 19.8 Å². The Morgan fingerprint density at radius 2 is 2.15 bits per heavy atom. The average molecular weight is 277 g/mol. The second-order valence-electron chi connectivity index (χ2n) is 5.27. The molecule has 3 nitrogen and oxygen atoms in total. The SMILES string of the molecule is CCCNC(c1cccc2c1OCC2)C(CC)OCC. The van der Waals surface area contributed by atoms with E-state index in [9.17, 15) is 0 Å². The van der Waals surface area contributed by atoms with Gasteiger partial charge in [-0.15, -0.1) is 0 Å². The first kappa shape index (κ1) is 15.3. The number of nitrogens with one attached hydrogen (secondary N) is 1. The van der Waals surface area contributed by atoms with Crippen LogP contribution in [0.15, 0.2) is 18.2 Å². The van der Waals surface area contributed by atoms with Gasteiger partial charge in [0.2, 0.25) is 0 Å². The molecule has 0 spiro atoms. The van der Waals surface area contributed by atoms with E-state index in [1.807, 2.05) is 0 Å². The monoisotopic (exact) mass is 277 g/mol. The number of fused-ring (bicyclic) bond motifs is 1. The van der Waals surface area contributed by atoms with E-state index in [2.05, 4.69) is 44.3 Å². The third-order valence-corrected chi connectivity index (χ3v) is 3.85. The maximum Gasteiger partial charge on any atom is 0.127 e. The number of para-hydroxylation sites is 1. The Labute approximate surface area is 122 Å². The highest BCUT2D eigenvalue weighted by molar-refractivity contribution is 5.46. The lowest BCUT2D eigenvalue weighted by Crippen LogP contribution is -2.34. The molecule has 1 heterocycles. The van der Waals surface area contributed by atoms with E-state index >= 15 is 0 Å². The third kappa shape index (κ3) is 3.33. The summed E-state index contributed by atoms with van der Waals surface area (Å²) in [7, 11) is 0. The molecule has 20 heavy (non-hydrogen) atoms. The fraction of sp³-hybridized carbons (Fsp3) is 0.647. The molecule has 0 aliphatic carbocycles. The minimum atomic E-state index is 0.197. The van der Waals surface area contributed by atoms with Gasteiger partial charge in [0.15, 0.2) is 0 Å². The van der Waals surface area contributed by atoms with Gasteiger partial charge in [-0.05, 0) is 31.9 Å². The molecule has 2 unspecified atom stereocenters. The van der Waals surface area contributed by atoms with E-state index in [0.717, 1.165) is 44.8 Å². The summed E-state index contributed by atoms with van der Waals surface area (Å²) in [6.07, 6.45) is 3.34. The predicted molar refractivity (Wildman–Crippen MR) is 82.4 cm³/mol. The number of rotatable bonds is 8. The average Bonchev–Trinajstić information content (AvgIpc) is 2.95. The Morgan fingerprint density at radius 3 is 2.85 bits per heavy atom. The van der Waals surface area contributed by atoms with Crippen molar-refractivity contribution in [1.29, 1.82) is 0 Å². The highest BCUT2D eigenvalue weighted by Gasteiger charge is 2.27. The maximum atomic E-state index is 5.95. The van der Waals surface area contributed by atoms with Gasteiger partial charge in [-0.2, -0.15) is 0 Å². The Hall–Kier alpha value is -1.06. The number of ether oxygens (including phenoxy) is 2. The van der Waals surface area contributed by atoms with Crippen molar-refractivity contribution in [2.45, 2.75) is 52.2 Å². The van der Waals surface area contributed by atoms with Crippen LogP contribution in [-0.4, -0.2) is 25.9 Å². The molecule has 0 amide bonds. The second kappa shape index (κ2) is 7.65. The molecule has 1 aromatic rings. The molecule has 1 aliphatic rings. The molecule has 2 rings (SSSR count). The van der Waals surface area contributed by atoms with Crippen molar-refractivity contribution in [3.8, 4) is 5.75 Å². The molecule has 1 aliphatic heterocycles. The molecule has 2 atom stereocenters. The third-order valence-electron chi connectivity index (χ3n) is 3.85. The van der Waals surface area contributed by atoms with Gasteiger partial charge in [0, 0.05) is 18.6 Å². The van der Waals surface area contributed by atoms with Crippen LogP contribution >= 0.6 is 0 Å². The number of hydrogen-bond acceptors (Lipinski definition) is 3. The topological polar surface area (TPSA) is 30.5 Å². The summed E-state index contributed by atoms with van der Waals surface area (Å²) < 4.78 is 11.8. The molecular weight excluding hydrogens is 250 g/mol. The largest absolute Gasteiger partial charge is 0.493 e. The lowest BCUT2D eigenvalue weighted by atomic mass is 9.96. The van der Waals surface area contributed by atoms with Gasteiger partial charge in [-0.25, -0.2) is 0 Å². The molecule has 112 valence electrons. The summed E-state index contributed by atoms with van der Waals surface area (Å²) in [6, 6.07) is 6.71. The zero-order chi connectivity index (χ0) is 14.4. The van der Waals surface area contributed by atoms with Crippen LogP contribution in [0.25, 0.3) is 0 Å². The van der Waals surface area contributed by atoms with Crippen molar-refractivity contribution >= 4 is 0 Å². The van der Waals surface area contributed by atoms with E-state index < -0.39 is 0 Å². The zero-order valence-corrected chi connectivity index (χ0v) is 12.9. The van der Waals surface area contributed by atoms with Crippen molar-refractivity contribution in [3.63, 3.8) is 0 Å². The van der Waals surface area contributed by atoms with Crippen molar-refractivity contribution in [1.82, 2.24) is 5.32 Å². The Bertz CT molecular complexity index is 419. The molecule has 0 radical (unpaired) electrons. The van der Waals surface area contributed by atoms with Crippen molar-refractivity contribution in [2.24, 2.45) is 0 Å². The number of hydrogen-bond donors (Lipinski definition) is 1. The molecule has 0 fully saturated rings.